The predicted molar refractivity (Wildman–Crippen MR) is 320 cm³/mol. The molecule has 0 saturated carbocycles. The summed E-state index contributed by atoms with van der Waals surface area (Å²) in [4.78, 5) is 43.1. The Morgan fingerprint density at radius 3 is 1.34 bits per heavy atom. The molecule has 0 spiro atoms. The van der Waals surface area contributed by atoms with E-state index < -0.39 is 0 Å². The minimum atomic E-state index is -0.256. The van der Waals surface area contributed by atoms with Gasteiger partial charge in [-0.15, -0.1) is 23.2 Å². The summed E-state index contributed by atoms with van der Waals surface area (Å²) in [6.45, 7) is 10.7. The number of halogens is 2. The maximum atomic E-state index is 11.4. The van der Waals surface area contributed by atoms with Gasteiger partial charge in [0, 0.05) is 120 Å². The van der Waals surface area contributed by atoms with E-state index in [1.54, 1.807) is 37.4 Å². The van der Waals surface area contributed by atoms with Crippen LogP contribution in [0.25, 0.3) is 0 Å². The van der Waals surface area contributed by atoms with E-state index in [0.717, 1.165) is 87.6 Å². The summed E-state index contributed by atoms with van der Waals surface area (Å²) in [5.74, 6) is 23.9. The van der Waals surface area contributed by atoms with Crippen LogP contribution in [0.4, 0.5) is 0 Å². The molecule has 0 aromatic carbocycles. The number of carbonyl (C=O) groups excluding carboxylic acids is 4. The number of thioether (sulfide) groups is 11. The van der Waals surface area contributed by atoms with E-state index in [1.165, 1.54) is 57.8 Å². The molecule has 5 rings (SSSR count). The molecule has 0 aromatic rings. The molecule has 5 fully saturated rings. The quantitative estimate of drug-likeness (QED) is 0.0707. The molecule has 5 heterocycles. The molecule has 0 amide bonds. The average molecular weight is 1210 g/mol. The SMILES string of the molecule is C.C=C(C)C(=O)OC1CSCCSC1.C=C(C)C(=O)SC1CSCCSC1.C[O-].O=C(CCl)CCl.O=C1CSCCSC1.OC1CSCCSC1.SC1CSCCSC1.SCCS.[Na+]. The molecule has 0 atom stereocenters. The van der Waals surface area contributed by atoms with Crippen LogP contribution in [-0.4, -0.2) is 196 Å². The first-order valence-electron chi connectivity index (χ1n) is 19.4. The van der Waals surface area contributed by atoms with E-state index in [9.17, 15) is 19.2 Å². The second-order valence-electron chi connectivity index (χ2n) is 12.4. The summed E-state index contributed by atoms with van der Waals surface area (Å²) in [6, 6.07) is 0. The van der Waals surface area contributed by atoms with Crippen molar-refractivity contribution in [2.75, 3.05) is 145 Å². The molecule has 0 aliphatic carbocycles. The fraction of sp³-hybridized carbons (Fsp3) is 0.800. The maximum Gasteiger partial charge on any atom is 1.00 e. The Bertz CT molecular complexity index is 1030. The molecule has 5 saturated heterocycles. The zero-order chi connectivity index (χ0) is 47.2. The summed E-state index contributed by atoms with van der Waals surface area (Å²) >= 11 is 42.4. The molecular weight excluding hydrogens is 1140 g/mol. The number of esters is 1. The molecule has 64 heavy (non-hydrogen) atoms. The predicted octanol–water partition coefficient (Wildman–Crippen LogP) is 6.75. The molecule has 0 unspecified atom stereocenters. The van der Waals surface area contributed by atoms with Gasteiger partial charge in [-0.3, -0.25) is 14.4 Å². The van der Waals surface area contributed by atoms with Gasteiger partial charge in [0.15, 0.2) is 11.6 Å². The molecule has 5 aliphatic rings. The Morgan fingerprint density at radius 1 is 0.672 bits per heavy atom. The molecular formula is C40H73Cl2NaO7S14. The number of rotatable bonds is 7. The number of Topliss-reactive ketones (excluding diaryl/α,β-unsaturated/α-hetero) is 2. The number of carbonyl (C=O) groups is 4. The van der Waals surface area contributed by atoms with Crippen molar-refractivity contribution >= 4 is 213 Å². The minimum absolute atomic E-state index is 0. The second-order valence-corrected chi connectivity index (χ2v) is 27.3. The summed E-state index contributed by atoms with van der Waals surface area (Å²) in [5.41, 5.74) is 1.16. The van der Waals surface area contributed by atoms with E-state index in [-0.39, 0.29) is 77.8 Å². The third kappa shape index (κ3) is 57.3. The maximum absolute atomic E-state index is 11.4. The van der Waals surface area contributed by atoms with E-state index >= 15 is 0 Å². The van der Waals surface area contributed by atoms with E-state index in [4.69, 9.17) is 38.2 Å². The van der Waals surface area contributed by atoms with E-state index in [2.05, 4.69) is 51.0 Å². The van der Waals surface area contributed by atoms with Crippen LogP contribution in [0, 0.1) is 0 Å². The molecule has 0 bridgehead atoms. The van der Waals surface area contributed by atoms with Crippen LogP contribution in [0.15, 0.2) is 24.3 Å². The third-order valence-electron chi connectivity index (χ3n) is 6.48. The second kappa shape index (κ2) is 59.9. The summed E-state index contributed by atoms with van der Waals surface area (Å²) in [5, 5.41) is 18.6. The van der Waals surface area contributed by atoms with Gasteiger partial charge in [-0.05, 0) is 30.9 Å². The van der Waals surface area contributed by atoms with Crippen molar-refractivity contribution in [3.05, 3.63) is 24.3 Å². The number of hydrogen-bond acceptors (Lipinski definition) is 21. The summed E-state index contributed by atoms with van der Waals surface area (Å²) in [7, 11) is 0.750. The average Bonchev–Trinajstić information content (AvgIpc) is 3.94. The van der Waals surface area contributed by atoms with Gasteiger partial charge in [-0.2, -0.15) is 163 Å². The molecule has 374 valence electrons. The first-order chi connectivity index (χ1) is 29.8. The first kappa shape index (κ1) is 77.3. The van der Waals surface area contributed by atoms with Gasteiger partial charge in [-0.25, -0.2) is 4.79 Å². The molecule has 24 heteroatoms. The zero-order valence-electron chi connectivity index (χ0n) is 37.2. The fourth-order valence-electron chi connectivity index (χ4n) is 3.61. The van der Waals surface area contributed by atoms with Gasteiger partial charge in [-0.1, -0.05) is 32.3 Å². The topological polar surface area (TPSA) is 121 Å². The van der Waals surface area contributed by atoms with Crippen LogP contribution in [0.2, 0.25) is 0 Å². The normalized spacial score (nSPS) is 18.3. The Hall–Kier alpha value is 4.36. The number of thiol groups is 3. The molecule has 0 radical (unpaired) electrons. The standard InChI is InChI=1S/C9H14O2S2.C9H14OS3.C5H10OS2.C5H8OS2.C5H10S3.C3H4Cl2O.C2H6S2.CH3O.CH4.Na/c1-7(2)9(10)11-8-5-12-3-4-13-6-8;1-7(2)9(10)13-8-5-11-3-4-12-6-8;3*6-5-3-7-1-2-8-4-5;4-1-3(6)2-5;3-1-2-4;1-2;;/h2*8H,1,3-6H2,2H3;5-6H,1-4H2;1-4H2;5-6H,1-4H2;1-2H2;3-4H,1-2H2;1H3;1H4;/q;;;;;;;-1;;+1. The van der Waals surface area contributed by atoms with Crippen molar-refractivity contribution in [1.82, 2.24) is 0 Å². The minimum Gasteiger partial charge on any atom is -0.857 e. The van der Waals surface area contributed by atoms with Crippen LogP contribution < -0.4 is 34.7 Å². The van der Waals surface area contributed by atoms with Crippen molar-refractivity contribution in [1.29, 1.82) is 0 Å². The van der Waals surface area contributed by atoms with Gasteiger partial charge in [0.05, 0.1) is 29.4 Å². The van der Waals surface area contributed by atoms with E-state index in [1.807, 2.05) is 94.1 Å². The van der Waals surface area contributed by atoms with Crippen LogP contribution in [0.5, 0.6) is 0 Å². The van der Waals surface area contributed by atoms with E-state index in [0.29, 0.717) is 27.4 Å². The van der Waals surface area contributed by atoms with Crippen molar-refractivity contribution < 1.29 is 63.7 Å². The number of aliphatic hydroxyl groups excluding tert-OH is 1. The monoisotopic (exact) mass is 1210 g/mol. The van der Waals surface area contributed by atoms with Crippen molar-refractivity contribution in [2.24, 2.45) is 0 Å². The summed E-state index contributed by atoms with van der Waals surface area (Å²) in [6.07, 6.45) is 0.0224. The first-order valence-corrected chi connectivity index (χ1v) is 34.7. The van der Waals surface area contributed by atoms with Crippen LogP contribution >= 0.6 is 190 Å². The van der Waals surface area contributed by atoms with Crippen LogP contribution in [0.3, 0.4) is 0 Å². The van der Waals surface area contributed by atoms with Gasteiger partial charge < -0.3 is 14.9 Å². The number of hydrogen-bond donors (Lipinski definition) is 4. The third-order valence-corrected chi connectivity index (χ3v) is 22.7. The fourth-order valence-corrected chi connectivity index (χ4v) is 17.1. The van der Waals surface area contributed by atoms with Gasteiger partial charge >= 0.3 is 35.5 Å². The van der Waals surface area contributed by atoms with Crippen molar-refractivity contribution in [2.45, 2.75) is 44.0 Å². The van der Waals surface area contributed by atoms with Crippen molar-refractivity contribution in [3.63, 3.8) is 0 Å². The number of ketones is 2. The zero-order valence-corrected chi connectivity index (χ0v) is 52.4. The van der Waals surface area contributed by atoms with Gasteiger partial charge in [0.1, 0.15) is 6.10 Å². The van der Waals surface area contributed by atoms with Gasteiger partial charge in [0.25, 0.3) is 0 Å². The van der Waals surface area contributed by atoms with Crippen LogP contribution in [0.1, 0.15) is 21.3 Å². The number of ether oxygens (including phenoxy) is 1. The number of alkyl halides is 2. The molecule has 0 aromatic heterocycles. The smallest absolute Gasteiger partial charge is 0.857 e. The molecule has 1 N–H and O–H groups in total. The Kier molecular flexibility index (Phi) is 72.3. The Labute approximate surface area is 484 Å². The molecule has 7 nitrogen and oxygen atoms in total. The number of aliphatic hydroxyl groups is 1. The van der Waals surface area contributed by atoms with Crippen molar-refractivity contribution in [3.8, 4) is 0 Å². The summed E-state index contributed by atoms with van der Waals surface area (Å²) < 4.78 is 5.25. The Morgan fingerprint density at radius 2 is 1.02 bits per heavy atom. The Balaban J connectivity index is -0.000000215. The largest absolute Gasteiger partial charge is 1.00 e. The van der Waals surface area contributed by atoms with Gasteiger partial charge in [0.2, 0.25) is 5.12 Å². The van der Waals surface area contributed by atoms with Crippen LogP contribution in [-0.2, 0) is 23.9 Å². The molecule has 5 aliphatic heterocycles.